The molecule has 222 valence electrons. The molecular weight excluding hydrogens is 583 g/mol. The van der Waals surface area contributed by atoms with Crippen LogP contribution in [0.25, 0.3) is 33.4 Å². The minimum atomic E-state index is -2.54. The molecule has 0 saturated carbocycles. The van der Waals surface area contributed by atoms with Crippen molar-refractivity contribution < 1.29 is 0 Å². The molecular formula is C45H33NSi. The average molecular weight is 616 g/mol. The number of rotatable bonds is 3. The summed E-state index contributed by atoms with van der Waals surface area (Å²) in [6.07, 6.45) is 0. The van der Waals surface area contributed by atoms with Gasteiger partial charge in [-0.1, -0.05) is 141 Å². The minimum absolute atomic E-state index is 0.0713. The minimum Gasteiger partial charge on any atom is -0.310 e. The van der Waals surface area contributed by atoms with Crippen LogP contribution in [0.3, 0.4) is 0 Å². The van der Waals surface area contributed by atoms with Crippen LogP contribution in [0, 0.1) is 0 Å². The summed E-state index contributed by atoms with van der Waals surface area (Å²) in [6.45, 7) is 4.73. The van der Waals surface area contributed by atoms with Gasteiger partial charge in [-0.3, -0.25) is 0 Å². The topological polar surface area (TPSA) is 3.24 Å². The van der Waals surface area contributed by atoms with E-state index >= 15 is 0 Å². The first-order valence-corrected chi connectivity index (χ1v) is 18.6. The Balaban J connectivity index is 1.23. The lowest BCUT2D eigenvalue weighted by molar-refractivity contribution is 0.660. The Hall–Kier alpha value is -5.44. The maximum atomic E-state index is 2.54. The zero-order valence-corrected chi connectivity index (χ0v) is 27.5. The predicted octanol–water partition coefficient (Wildman–Crippen LogP) is 8.80. The highest BCUT2D eigenvalue weighted by atomic mass is 28.3. The summed E-state index contributed by atoms with van der Waals surface area (Å²) >= 11 is 0. The first-order valence-electron chi connectivity index (χ1n) is 16.6. The van der Waals surface area contributed by atoms with Crippen molar-refractivity contribution in [1.29, 1.82) is 0 Å². The summed E-state index contributed by atoms with van der Waals surface area (Å²) in [6, 6.07) is 61.8. The van der Waals surface area contributed by atoms with E-state index in [-0.39, 0.29) is 5.41 Å². The maximum Gasteiger partial charge on any atom is 0.182 e. The maximum absolute atomic E-state index is 2.54. The number of benzene rings is 7. The van der Waals surface area contributed by atoms with Crippen molar-refractivity contribution in [3.8, 4) is 33.4 Å². The van der Waals surface area contributed by atoms with E-state index in [0.717, 1.165) is 0 Å². The van der Waals surface area contributed by atoms with Crippen LogP contribution in [0.2, 0.25) is 0 Å². The van der Waals surface area contributed by atoms with Gasteiger partial charge in [-0.05, 0) is 102 Å². The zero-order chi connectivity index (χ0) is 31.3. The molecule has 0 bridgehead atoms. The van der Waals surface area contributed by atoms with Gasteiger partial charge in [0.05, 0.1) is 0 Å². The van der Waals surface area contributed by atoms with Crippen molar-refractivity contribution in [3.05, 3.63) is 175 Å². The summed E-state index contributed by atoms with van der Waals surface area (Å²) in [5, 5.41) is 6.01. The summed E-state index contributed by atoms with van der Waals surface area (Å²) in [4.78, 5) is 2.47. The Labute approximate surface area is 277 Å². The number of hydrogen-bond acceptors (Lipinski definition) is 1. The third kappa shape index (κ3) is 3.43. The predicted molar refractivity (Wildman–Crippen MR) is 200 cm³/mol. The Morgan fingerprint density at radius 2 is 0.809 bits per heavy atom. The molecule has 0 N–H and O–H groups in total. The highest BCUT2D eigenvalue weighted by molar-refractivity contribution is 7.24. The number of fused-ring (bicyclic) bond motifs is 13. The van der Waals surface area contributed by atoms with Crippen molar-refractivity contribution >= 4 is 45.9 Å². The van der Waals surface area contributed by atoms with Crippen LogP contribution in [0.4, 0.5) is 17.1 Å². The van der Waals surface area contributed by atoms with E-state index in [4.69, 9.17) is 0 Å². The molecule has 3 aliphatic rings. The van der Waals surface area contributed by atoms with Crippen molar-refractivity contribution in [2.24, 2.45) is 0 Å². The molecule has 2 aliphatic heterocycles. The van der Waals surface area contributed by atoms with Gasteiger partial charge in [-0.15, -0.1) is 0 Å². The average Bonchev–Trinajstić information content (AvgIpc) is 3.68. The number of hydrogen-bond donors (Lipinski definition) is 0. The van der Waals surface area contributed by atoms with Crippen LogP contribution in [-0.4, -0.2) is 8.07 Å². The summed E-state index contributed by atoms with van der Waals surface area (Å²) in [5.74, 6) is 0. The van der Waals surface area contributed by atoms with Gasteiger partial charge in [0.1, 0.15) is 0 Å². The van der Waals surface area contributed by atoms with Gasteiger partial charge in [-0.2, -0.15) is 0 Å². The van der Waals surface area contributed by atoms with Gasteiger partial charge in [0.25, 0.3) is 0 Å². The molecule has 0 aromatic heterocycles. The second-order valence-electron chi connectivity index (χ2n) is 13.7. The third-order valence-electron chi connectivity index (χ3n) is 11.1. The number of anilines is 3. The molecule has 0 amide bonds. The van der Waals surface area contributed by atoms with Crippen LogP contribution in [0.1, 0.15) is 25.0 Å². The van der Waals surface area contributed by atoms with Crippen LogP contribution >= 0.6 is 0 Å². The lowest BCUT2D eigenvalue weighted by Gasteiger charge is -2.31. The second-order valence-corrected chi connectivity index (χ2v) is 17.3. The molecule has 0 saturated heterocycles. The second kappa shape index (κ2) is 9.54. The molecule has 0 radical (unpaired) electrons. The third-order valence-corrected chi connectivity index (χ3v) is 16.0. The van der Waals surface area contributed by atoms with Gasteiger partial charge in [0.15, 0.2) is 8.07 Å². The Kier molecular flexibility index (Phi) is 5.43. The molecule has 1 nitrogen and oxygen atoms in total. The fraction of sp³-hybridized carbons (Fsp3) is 0.0667. The molecule has 1 spiro atoms. The zero-order valence-electron chi connectivity index (χ0n) is 26.5. The molecule has 10 rings (SSSR count). The van der Waals surface area contributed by atoms with E-state index in [2.05, 4.69) is 183 Å². The van der Waals surface area contributed by atoms with Crippen LogP contribution in [0.15, 0.2) is 164 Å². The molecule has 2 heteroatoms. The van der Waals surface area contributed by atoms with Gasteiger partial charge < -0.3 is 4.90 Å². The lowest BCUT2D eigenvalue weighted by atomic mass is 9.82. The summed E-state index contributed by atoms with van der Waals surface area (Å²) in [7, 11) is -2.54. The molecule has 7 aromatic carbocycles. The monoisotopic (exact) mass is 615 g/mol. The van der Waals surface area contributed by atoms with Crippen LogP contribution in [0.5, 0.6) is 0 Å². The summed E-state index contributed by atoms with van der Waals surface area (Å²) < 4.78 is 0. The Morgan fingerprint density at radius 3 is 1.43 bits per heavy atom. The number of para-hydroxylation sites is 1. The first-order chi connectivity index (χ1) is 23.1. The smallest absolute Gasteiger partial charge is 0.182 e. The normalized spacial score (nSPS) is 14.9. The largest absolute Gasteiger partial charge is 0.310 e. The van der Waals surface area contributed by atoms with Crippen LogP contribution < -0.4 is 25.6 Å². The molecule has 47 heavy (non-hydrogen) atoms. The Morgan fingerprint density at radius 1 is 0.362 bits per heavy atom. The van der Waals surface area contributed by atoms with E-state index in [1.165, 1.54) is 82.3 Å². The highest BCUT2D eigenvalue weighted by Crippen LogP contribution is 2.50. The van der Waals surface area contributed by atoms with Crippen molar-refractivity contribution in [1.82, 2.24) is 0 Å². The van der Waals surface area contributed by atoms with Crippen molar-refractivity contribution in [2.75, 3.05) is 4.90 Å². The van der Waals surface area contributed by atoms with Crippen LogP contribution in [-0.2, 0) is 5.41 Å². The van der Waals surface area contributed by atoms with E-state index in [1.54, 1.807) is 0 Å². The quantitative estimate of drug-likeness (QED) is 0.180. The van der Waals surface area contributed by atoms with Gasteiger partial charge >= 0.3 is 0 Å². The Bertz CT molecular complexity index is 2340. The van der Waals surface area contributed by atoms with E-state index in [9.17, 15) is 0 Å². The standard InChI is InChI=1S/C45H33NSi/c1-45(2)39-20-10-6-16-33(39)34-26-24-31(28-40(34)45)46(30-14-4-3-5-15-30)32-25-27-38-37-19-9-13-23-43(37)47(44(38)29-32)41-21-11-7-17-35(41)36-18-8-12-22-42(36)47/h3-29H,1-2H3. The molecule has 2 heterocycles. The molecule has 0 unspecified atom stereocenters. The van der Waals surface area contributed by atoms with Crippen molar-refractivity contribution in [2.45, 2.75) is 19.3 Å². The molecule has 0 fully saturated rings. The SMILES string of the molecule is CC1(C)c2ccccc2-c2ccc(N(c3ccccc3)c3ccc4c(c3)[Si]3(c5ccccc5-c5ccccc53)c3ccccc3-4)cc21. The first kappa shape index (κ1) is 26.7. The van der Waals surface area contributed by atoms with Crippen molar-refractivity contribution in [3.63, 3.8) is 0 Å². The molecule has 1 aliphatic carbocycles. The fourth-order valence-corrected chi connectivity index (χ4v) is 14.7. The molecule has 0 atom stereocenters. The summed E-state index contributed by atoms with van der Waals surface area (Å²) in [5.41, 5.74) is 14.5. The van der Waals surface area contributed by atoms with Gasteiger partial charge in [0.2, 0.25) is 0 Å². The number of nitrogens with zero attached hydrogens (tertiary/aromatic N) is 1. The van der Waals surface area contributed by atoms with Gasteiger partial charge in [0, 0.05) is 22.5 Å². The highest BCUT2D eigenvalue weighted by Gasteiger charge is 2.54. The lowest BCUT2D eigenvalue weighted by Crippen LogP contribution is -2.70. The fourth-order valence-electron chi connectivity index (χ4n) is 9.08. The molecule has 7 aromatic rings. The van der Waals surface area contributed by atoms with E-state index in [1.807, 2.05) is 0 Å². The van der Waals surface area contributed by atoms with Gasteiger partial charge in [-0.25, -0.2) is 0 Å². The van der Waals surface area contributed by atoms with E-state index in [0.29, 0.717) is 0 Å². The van der Waals surface area contributed by atoms with E-state index < -0.39 is 8.07 Å².